The number of piperazine rings is 1. The number of hydrogen-bond donors (Lipinski definition) is 4. The van der Waals surface area contributed by atoms with E-state index in [2.05, 4.69) is 42.9 Å². The normalized spacial score (nSPS) is 18.3. The van der Waals surface area contributed by atoms with Crippen molar-refractivity contribution in [3.63, 3.8) is 0 Å². The van der Waals surface area contributed by atoms with E-state index < -0.39 is 6.10 Å². The van der Waals surface area contributed by atoms with Gasteiger partial charge < -0.3 is 35.1 Å². The van der Waals surface area contributed by atoms with Crippen molar-refractivity contribution < 1.29 is 19.1 Å². The number of pyridine rings is 1. The Morgan fingerprint density at radius 1 is 1.17 bits per heavy atom. The molecule has 11 nitrogen and oxygen atoms in total. The van der Waals surface area contributed by atoms with Gasteiger partial charge in [0, 0.05) is 64.0 Å². The van der Waals surface area contributed by atoms with Gasteiger partial charge in [-0.15, -0.1) is 0 Å². The van der Waals surface area contributed by atoms with Crippen molar-refractivity contribution in [3.8, 4) is 5.75 Å². The Balaban J connectivity index is 1.01. The van der Waals surface area contributed by atoms with E-state index in [1.807, 2.05) is 18.2 Å². The number of fused-ring (bicyclic) bond motifs is 1. The van der Waals surface area contributed by atoms with Crippen LogP contribution in [0.2, 0.25) is 0 Å². The molecule has 2 aromatic heterocycles. The molecule has 0 radical (unpaired) electrons. The molecule has 3 aliphatic rings. The largest absolute Gasteiger partial charge is 0.486 e. The summed E-state index contributed by atoms with van der Waals surface area (Å²) in [6.45, 7) is 6.11. The number of anilines is 2. The molecule has 4 heterocycles. The first-order valence-electron chi connectivity index (χ1n) is 14.6. The van der Waals surface area contributed by atoms with Gasteiger partial charge in [0.1, 0.15) is 24.0 Å². The number of ether oxygens (including phenoxy) is 1. The van der Waals surface area contributed by atoms with E-state index >= 15 is 0 Å². The maximum Gasteiger partial charge on any atom is 0.251 e. The quantitative estimate of drug-likeness (QED) is 0.277. The van der Waals surface area contributed by atoms with E-state index in [1.165, 1.54) is 23.9 Å². The highest BCUT2D eigenvalue weighted by Gasteiger charge is 2.23. The third-order valence-electron chi connectivity index (χ3n) is 8.07. The number of aliphatic hydroxyl groups is 1. The molecule has 1 amide bonds. The zero-order valence-electron chi connectivity index (χ0n) is 23.3. The number of amides is 1. The van der Waals surface area contributed by atoms with Gasteiger partial charge in [0.25, 0.3) is 5.91 Å². The molecule has 0 bridgehead atoms. The lowest BCUT2D eigenvalue weighted by Gasteiger charge is -2.31. The third-order valence-corrected chi connectivity index (χ3v) is 8.07. The molecule has 2 aliphatic heterocycles. The van der Waals surface area contributed by atoms with Crippen molar-refractivity contribution >= 4 is 17.5 Å². The van der Waals surface area contributed by atoms with Gasteiger partial charge >= 0.3 is 0 Å². The summed E-state index contributed by atoms with van der Waals surface area (Å²) < 4.78 is 11.1. The number of nitrogens with zero attached hydrogens (tertiary/aromatic N) is 4. The molecule has 41 heavy (non-hydrogen) atoms. The van der Waals surface area contributed by atoms with E-state index in [4.69, 9.17) is 14.1 Å². The van der Waals surface area contributed by atoms with Crippen LogP contribution in [0.4, 0.5) is 11.6 Å². The molecule has 1 aliphatic carbocycles. The van der Waals surface area contributed by atoms with Gasteiger partial charge in [-0.05, 0) is 61.1 Å². The molecule has 1 saturated carbocycles. The summed E-state index contributed by atoms with van der Waals surface area (Å²) in [5.74, 6) is 2.86. The van der Waals surface area contributed by atoms with E-state index in [0.717, 1.165) is 75.9 Å². The maximum absolute atomic E-state index is 13.2. The minimum atomic E-state index is -0.674. The zero-order chi connectivity index (χ0) is 28.0. The minimum Gasteiger partial charge on any atom is -0.486 e. The van der Waals surface area contributed by atoms with Crippen molar-refractivity contribution in [2.24, 2.45) is 0 Å². The van der Waals surface area contributed by atoms with E-state index in [1.54, 1.807) is 6.20 Å². The Morgan fingerprint density at radius 3 is 2.83 bits per heavy atom. The molecule has 1 saturated heterocycles. The predicted molar refractivity (Wildman–Crippen MR) is 155 cm³/mol. The van der Waals surface area contributed by atoms with Crippen LogP contribution in [-0.4, -0.2) is 83.8 Å². The van der Waals surface area contributed by atoms with Crippen LogP contribution in [-0.2, 0) is 19.6 Å². The number of benzene rings is 1. The summed E-state index contributed by atoms with van der Waals surface area (Å²) in [4.78, 5) is 26.3. The smallest absolute Gasteiger partial charge is 0.251 e. The van der Waals surface area contributed by atoms with Crippen LogP contribution >= 0.6 is 0 Å². The summed E-state index contributed by atoms with van der Waals surface area (Å²) >= 11 is 0. The number of oxazole rings is 1. The highest BCUT2D eigenvalue weighted by Crippen LogP contribution is 2.26. The molecule has 1 aromatic carbocycles. The molecule has 0 spiro atoms. The Bertz CT molecular complexity index is 1310. The number of carbonyl (C=O) groups is 1. The van der Waals surface area contributed by atoms with E-state index in [9.17, 15) is 9.90 Å². The number of β-amino-alcohol motifs (C(OH)–C–C–N with tert-alkyl or cyclic N) is 1. The number of aromatic nitrogens is 2. The molecule has 218 valence electrons. The minimum absolute atomic E-state index is 0.188. The van der Waals surface area contributed by atoms with Gasteiger partial charge in [-0.1, -0.05) is 6.07 Å². The molecular formula is C30H39N7O4. The average molecular weight is 562 g/mol. The fourth-order valence-electron chi connectivity index (χ4n) is 5.52. The van der Waals surface area contributed by atoms with Gasteiger partial charge in [0.05, 0.1) is 12.3 Å². The highest BCUT2D eigenvalue weighted by atomic mass is 16.5. The molecule has 6 rings (SSSR count). The molecule has 1 atom stereocenters. The van der Waals surface area contributed by atoms with Crippen molar-refractivity contribution in [3.05, 3.63) is 65.4 Å². The maximum atomic E-state index is 13.2. The molecule has 3 aromatic rings. The lowest BCUT2D eigenvalue weighted by Crippen LogP contribution is -2.44. The number of hydrogen-bond acceptors (Lipinski definition) is 10. The second-order valence-electron chi connectivity index (χ2n) is 11.1. The first-order chi connectivity index (χ1) is 20.1. The Morgan fingerprint density at radius 2 is 2.05 bits per heavy atom. The van der Waals surface area contributed by atoms with E-state index in [-0.39, 0.29) is 12.5 Å². The third kappa shape index (κ3) is 7.16. The SMILES string of the molecule is O=C(NC[C@H](O)CN1CCc2cc(OCc3cnco3)ccc2C1)c1cc(NC2CCC2)nc(N2CCNCC2)c1. The van der Waals surface area contributed by atoms with Gasteiger partial charge in [-0.3, -0.25) is 9.69 Å². The average Bonchev–Trinajstić information content (AvgIpc) is 3.51. The molecule has 2 fully saturated rings. The predicted octanol–water partition coefficient (Wildman–Crippen LogP) is 2.17. The Kier molecular flexibility index (Phi) is 8.64. The van der Waals surface area contributed by atoms with Gasteiger partial charge in [-0.2, -0.15) is 0 Å². The fourth-order valence-corrected chi connectivity index (χ4v) is 5.52. The lowest BCUT2D eigenvalue weighted by atomic mass is 9.93. The summed E-state index contributed by atoms with van der Waals surface area (Å²) in [5.41, 5.74) is 3.04. The van der Waals surface area contributed by atoms with Gasteiger partial charge in [0.2, 0.25) is 0 Å². The van der Waals surface area contributed by atoms with Crippen LogP contribution in [0.1, 0.15) is 46.5 Å². The number of carbonyl (C=O) groups excluding carboxylic acids is 1. The summed E-state index contributed by atoms with van der Waals surface area (Å²) in [6.07, 6.45) is 6.73. The first-order valence-corrected chi connectivity index (χ1v) is 14.6. The van der Waals surface area contributed by atoms with Crippen molar-refractivity contribution in [2.75, 3.05) is 56.0 Å². The zero-order valence-corrected chi connectivity index (χ0v) is 23.3. The van der Waals surface area contributed by atoms with Crippen LogP contribution in [0.25, 0.3) is 0 Å². The summed E-state index contributed by atoms with van der Waals surface area (Å²) in [6, 6.07) is 10.2. The van der Waals surface area contributed by atoms with Crippen LogP contribution in [0.5, 0.6) is 5.75 Å². The Labute approximate surface area is 240 Å². The van der Waals surface area contributed by atoms with Crippen LogP contribution in [0.15, 0.2) is 47.3 Å². The highest BCUT2D eigenvalue weighted by molar-refractivity contribution is 5.95. The second kappa shape index (κ2) is 12.9. The van der Waals surface area contributed by atoms with Crippen molar-refractivity contribution in [1.82, 2.24) is 25.5 Å². The first kappa shape index (κ1) is 27.5. The van der Waals surface area contributed by atoms with Crippen LogP contribution in [0.3, 0.4) is 0 Å². The standard InChI is InChI=1S/C30H39N7O4/c38-25(18-36-9-6-21-12-26(5-4-22(21)17-36)40-19-27-16-32-20-41-27)15-33-30(39)23-13-28(34-24-2-1-3-24)35-29(14-23)37-10-7-31-8-11-37/h4-5,12-14,16,20,24-25,31,38H,1-3,6-11,15,17-19H2,(H,33,39)(H,34,35)/t25-/m0/s1. The molecule has 0 unspecified atom stereocenters. The molecular weight excluding hydrogens is 522 g/mol. The lowest BCUT2D eigenvalue weighted by molar-refractivity contribution is 0.0841. The van der Waals surface area contributed by atoms with Crippen molar-refractivity contribution in [2.45, 2.75) is 51.0 Å². The number of aliphatic hydroxyl groups excluding tert-OH is 1. The second-order valence-corrected chi connectivity index (χ2v) is 11.1. The van der Waals surface area contributed by atoms with Crippen LogP contribution < -0.4 is 25.6 Å². The van der Waals surface area contributed by atoms with Gasteiger partial charge in [-0.25, -0.2) is 9.97 Å². The molecule has 11 heteroatoms. The number of rotatable bonds is 11. The van der Waals surface area contributed by atoms with Crippen LogP contribution in [0, 0.1) is 0 Å². The van der Waals surface area contributed by atoms with Crippen molar-refractivity contribution in [1.29, 1.82) is 0 Å². The summed E-state index contributed by atoms with van der Waals surface area (Å²) in [7, 11) is 0. The monoisotopic (exact) mass is 561 g/mol. The van der Waals surface area contributed by atoms with E-state index in [0.29, 0.717) is 30.5 Å². The molecule has 4 N–H and O–H groups in total. The topological polar surface area (TPSA) is 128 Å². The summed E-state index contributed by atoms with van der Waals surface area (Å²) in [5, 5.41) is 20.6. The Hall–Kier alpha value is -3.67. The number of nitrogens with one attached hydrogen (secondary N) is 3. The van der Waals surface area contributed by atoms with Gasteiger partial charge in [0.15, 0.2) is 12.2 Å². The fraction of sp³-hybridized carbons (Fsp3) is 0.500.